The summed E-state index contributed by atoms with van der Waals surface area (Å²) in [5.74, 6) is 1.41. The molecule has 0 saturated carbocycles. The van der Waals surface area contributed by atoms with E-state index in [4.69, 9.17) is 4.74 Å². The summed E-state index contributed by atoms with van der Waals surface area (Å²) in [6.07, 6.45) is 1.06. The van der Waals surface area contributed by atoms with Crippen molar-refractivity contribution in [3.05, 3.63) is 24.3 Å². The van der Waals surface area contributed by atoms with E-state index in [2.05, 4.69) is 29.4 Å². The lowest BCUT2D eigenvalue weighted by Crippen LogP contribution is -2.45. The standard InChI is InChI=1S/C17H24N4O4S3/c1-11(2)10-26-17-20-19-16(27-17)18-15(22)12(3)21(28(5,23)24)13-7-6-8-14(9-13)25-4/h6-9,11-12H,10H2,1-5H3,(H,18,19,22)/t12-/m0/s1. The van der Waals surface area contributed by atoms with Gasteiger partial charge in [-0.25, -0.2) is 8.42 Å². The van der Waals surface area contributed by atoms with Gasteiger partial charge in [0.2, 0.25) is 21.1 Å². The molecular weight excluding hydrogens is 420 g/mol. The van der Waals surface area contributed by atoms with Crippen molar-refractivity contribution in [1.29, 1.82) is 0 Å². The van der Waals surface area contributed by atoms with Crippen LogP contribution in [0.1, 0.15) is 20.8 Å². The lowest BCUT2D eigenvalue weighted by molar-refractivity contribution is -0.116. The van der Waals surface area contributed by atoms with Gasteiger partial charge in [0.15, 0.2) is 4.34 Å². The van der Waals surface area contributed by atoms with E-state index in [9.17, 15) is 13.2 Å². The molecule has 1 atom stereocenters. The number of nitrogens with one attached hydrogen (secondary N) is 1. The smallest absolute Gasteiger partial charge is 0.249 e. The lowest BCUT2D eigenvalue weighted by Gasteiger charge is -2.28. The zero-order valence-corrected chi connectivity index (χ0v) is 18.8. The maximum atomic E-state index is 12.7. The van der Waals surface area contributed by atoms with Gasteiger partial charge in [-0.05, 0) is 25.0 Å². The van der Waals surface area contributed by atoms with Gasteiger partial charge in [-0.2, -0.15) is 0 Å². The van der Waals surface area contributed by atoms with Crippen LogP contribution in [0.3, 0.4) is 0 Å². The van der Waals surface area contributed by atoms with Gasteiger partial charge in [-0.15, -0.1) is 10.2 Å². The summed E-state index contributed by atoms with van der Waals surface area (Å²) in [6, 6.07) is 5.56. The molecule has 0 unspecified atom stereocenters. The topological polar surface area (TPSA) is 101 Å². The van der Waals surface area contributed by atoms with Crippen molar-refractivity contribution in [2.24, 2.45) is 5.92 Å². The van der Waals surface area contributed by atoms with Crippen LogP contribution < -0.4 is 14.4 Å². The van der Waals surface area contributed by atoms with Crippen LogP contribution in [0.25, 0.3) is 0 Å². The second-order valence-electron chi connectivity index (χ2n) is 6.50. The maximum Gasteiger partial charge on any atom is 0.249 e. The number of carbonyl (C=O) groups excluding carboxylic acids is 1. The Hall–Kier alpha value is -1.85. The van der Waals surface area contributed by atoms with Gasteiger partial charge in [0, 0.05) is 11.8 Å². The van der Waals surface area contributed by atoms with Crippen LogP contribution in [-0.2, 0) is 14.8 Å². The monoisotopic (exact) mass is 444 g/mol. The van der Waals surface area contributed by atoms with Gasteiger partial charge in [0.25, 0.3) is 0 Å². The van der Waals surface area contributed by atoms with Crippen molar-refractivity contribution >= 4 is 49.8 Å². The van der Waals surface area contributed by atoms with Gasteiger partial charge in [0.05, 0.1) is 19.1 Å². The van der Waals surface area contributed by atoms with Crippen molar-refractivity contribution in [2.45, 2.75) is 31.2 Å². The number of methoxy groups -OCH3 is 1. The first-order chi connectivity index (χ1) is 13.1. The van der Waals surface area contributed by atoms with Gasteiger partial charge in [0.1, 0.15) is 11.8 Å². The van der Waals surface area contributed by atoms with Gasteiger partial charge in [-0.1, -0.05) is 43.0 Å². The third kappa shape index (κ3) is 6.08. The third-order valence-corrected chi connectivity index (χ3v) is 7.21. The molecule has 28 heavy (non-hydrogen) atoms. The molecule has 1 aromatic heterocycles. The van der Waals surface area contributed by atoms with E-state index in [0.717, 1.165) is 20.7 Å². The largest absolute Gasteiger partial charge is 0.497 e. The summed E-state index contributed by atoms with van der Waals surface area (Å²) < 4.78 is 31.7. The predicted molar refractivity (Wildman–Crippen MR) is 114 cm³/mol. The number of sulfonamides is 1. The molecule has 0 bridgehead atoms. The number of anilines is 2. The van der Waals surface area contributed by atoms with E-state index in [-0.39, 0.29) is 0 Å². The van der Waals surface area contributed by atoms with Crippen LogP contribution in [0.2, 0.25) is 0 Å². The molecule has 0 spiro atoms. The van der Waals surface area contributed by atoms with Crippen LogP contribution in [-0.4, -0.2) is 49.7 Å². The number of carbonyl (C=O) groups is 1. The number of benzene rings is 1. The fourth-order valence-corrected chi connectivity index (χ4v) is 5.22. The van der Waals surface area contributed by atoms with Crippen molar-refractivity contribution in [3.63, 3.8) is 0 Å². The zero-order valence-electron chi connectivity index (χ0n) is 16.4. The Morgan fingerprint density at radius 3 is 2.64 bits per heavy atom. The first-order valence-corrected chi connectivity index (χ1v) is 12.2. The highest BCUT2D eigenvalue weighted by Crippen LogP contribution is 2.28. The maximum absolute atomic E-state index is 12.7. The minimum Gasteiger partial charge on any atom is -0.497 e. The van der Waals surface area contributed by atoms with Gasteiger partial charge < -0.3 is 4.74 Å². The third-order valence-electron chi connectivity index (χ3n) is 3.57. The fraction of sp³-hybridized carbons (Fsp3) is 0.471. The highest BCUT2D eigenvalue weighted by Gasteiger charge is 2.30. The van der Waals surface area contributed by atoms with Crippen LogP contribution in [0.5, 0.6) is 5.75 Å². The lowest BCUT2D eigenvalue weighted by atomic mass is 10.2. The molecule has 1 aromatic carbocycles. The van der Waals surface area contributed by atoms with Crippen molar-refractivity contribution < 1.29 is 17.9 Å². The van der Waals surface area contributed by atoms with Gasteiger partial charge in [-0.3, -0.25) is 14.4 Å². The number of rotatable bonds is 9. The van der Waals surface area contributed by atoms with E-state index in [1.807, 2.05) is 0 Å². The van der Waals surface area contributed by atoms with Crippen molar-refractivity contribution in [2.75, 3.05) is 28.7 Å². The summed E-state index contributed by atoms with van der Waals surface area (Å²) in [6.45, 7) is 5.73. The number of thioether (sulfide) groups is 1. The Kier molecular flexibility index (Phi) is 7.67. The first kappa shape index (κ1) is 22.4. The Bertz CT molecular complexity index is 915. The molecule has 1 N–H and O–H groups in total. The molecule has 0 aliphatic heterocycles. The van der Waals surface area contributed by atoms with Crippen LogP contribution in [0.15, 0.2) is 28.6 Å². The number of hydrogen-bond donors (Lipinski definition) is 1. The van der Waals surface area contributed by atoms with E-state index < -0.39 is 22.0 Å². The molecule has 154 valence electrons. The quantitative estimate of drug-likeness (QED) is 0.468. The van der Waals surface area contributed by atoms with Gasteiger partial charge >= 0.3 is 0 Å². The molecule has 2 aromatic rings. The number of hydrogen-bond acceptors (Lipinski definition) is 8. The molecule has 0 aliphatic carbocycles. The normalized spacial score (nSPS) is 12.6. The molecule has 1 heterocycles. The average Bonchev–Trinajstić information content (AvgIpc) is 3.06. The summed E-state index contributed by atoms with van der Waals surface area (Å²) >= 11 is 2.83. The first-order valence-electron chi connectivity index (χ1n) is 8.52. The van der Waals surface area contributed by atoms with Crippen molar-refractivity contribution in [1.82, 2.24) is 10.2 Å². The number of aromatic nitrogens is 2. The summed E-state index contributed by atoms with van der Waals surface area (Å²) in [4.78, 5) is 12.7. The second kappa shape index (κ2) is 9.57. The summed E-state index contributed by atoms with van der Waals surface area (Å²) in [5, 5.41) is 11.0. The molecular formula is C17H24N4O4S3. The fourth-order valence-electron chi connectivity index (χ4n) is 2.32. The molecule has 0 saturated heterocycles. The molecule has 0 aliphatic rings. The summed E-state index contributed by atoms with van der Waals surface area (Å²) in [5.41, 5.74) is 0.343. The number of amides is 1. The highest BCUT2D eigenvalue weighted by atomic mass is 32.2. The molecule has 8 nitrogen and oxygen atoms in total. The molecule has 1 amide bonds. The summed E-state index contributed by atoms with van der Waals surface area (Å²) in [7, 11) is -2.22. The molecule has 2 rings (SSSR count). The van der Waals surface area contributed by atoms with Crippen LogP contribution in [0, 0.1) is 5.92 Å². The van der Waals surface area contributed by atoms with E-state index >= 15 is 0 Å². The van der Waals surface area contributed by atoms with Crippen LogP contribution >= 0.6 is 23.1 Å². The van der Waals surface area contributed by atoms with E-state index in [0.29, 0.717) is 22.5 Å². The van der Waals surface area contributed by atoms with E-state index in [1.54, 1.807) is 36.0 Å². The van der Waals surface area contributed by atoms with Crippen LogP contribution in [0.4, 0.5) is 10.8 Å². The second-order valence-corrected chi connectivity index (χ2v) is 10.6. The minimum atomic E-state index is -3.71. The minimum absolute atomic E-state index is 0.335. The molecule has 0 fully saturated rings. The molecule has 11 heteroatoms. The van der Waals surface area contributed by atoms with Crippen molar-refractivity contribution in [3.8, 4) is 5.75 Å². The highest BCUT2D eigenvalue weighted by molar-refractivity contribution is 8.01. The SMILES string of the molecule is COc1cccc(N([C@@H](C)C(=O)Nc2nnc(SCC(C)C)s2)S(C)(=O)=O)c1. The Labute approximate surface area is 173 Å². The predicted octanol–water partition coefficient (Wildman–Crippen LogP) is 3.09. The number of ether oxygens (including phenoxy) is 1. The number of nitrogens with zero attached hydrogens (tertiary/aromatic N) is 3. The molecule has 0 radical (unpaired) electrons. The Morgan fingerprint density at radius 2 is 2.04 bits per heavy atom. The van der Waals surface area contributed by atoms with E-state index in [1.165, 1.54) is 25.4 Å². The Balaban J connectivity index is 2.18. The zero-order chi connectivity index (χ0) is 20.9. The Morgan fingerprint density at radius 1 is 1.32 bits per heavy atom. The average molecular weight is 445 g/mol.